The number of pyridine rings is 1. The maximum atomic E-state index is 10.0. The molecule has 3 aromatic heterocycles. The number of hydrogen-bond donors (Lipinski definition) is 2. The smallest absolute Gasteiger partial charge is 0.241 e. The number of nitrogens with one attached hydrogen (secondary N) is 1. The highest BCUT2D eigenvalue weighted by Crippen LogP contribution is 2.37. The largest absolute Gasteiger partial charge is 0.393 e. The summed E-state index contributed by atoms with van der Waals surface area (Å²) in [7, 11) is 1.69. The first-order valence-corrected chi connectivity index (χ1v) is 12.7. The third kappa shape index (κ3) is 5.64. The van der Waals surface area contributed by atoms with Crippen molar-refractivity contribution in [2.24, 2.45) is 0 Å². The lowest BCUT2D eigenvalue weighted by atomic mass is 9.85. The summed E-state index contributed by atoms with van der Waals surface area (Å²) in [6.45, 7) is 6.94. The fraction of sp³-hybridized carbons (Fsp3) is 0.577. The van der Waals surface area contributed by atoms with E-state index in [0.717, 1.165) is 80.9 Å². The van der Waals surface area contributed by atoms with Crippen molar-refractivity contribution in [2.75, 3.05) is 45.3 Å². The van der Waals surface area contributed by atoms with E-state index in [9.17, 15) is 5.11 Å². The van der Waals surface area contributed by atoms with E-state index >= 15 is 0 Å². The number of anilines is 1. The summed E-state index contributed by atoms with van der Waals surface area (Å²) >= 11 is 0. The van der Waals surface area contributed by atoms with Gasteiger partial charge in [-0.15, -0.1) is 5.10 Å². The molecule has 0 amide bonds. The first-order chi connectivity index (χ1) is 17.1. The second kappa shape index (κ2) is 11.0. The molecule has 3 aromatic rings. The topological polar surface area (TPSA) is 97.0 Å². The zero-order chi connectivity index (χ0) is 24.2. The molecule has 1 atom stereocenters. The molecule has 1 saturated heterocycles. The van der Waals surface area contributed by atoms with E-state index in [2.05, 4.69) is 33.4 Å². The van der Waals surface area contributed by atoms with E-state index in [1.54, 1.807) is 7.11 Å². The quantitative estimate of drug-likeness (QED) is 0.508. The van der Waals surface area contributed by atoms with Gasteiger partial charge in [0.05, 0.1) is 43.3 Å². The molecule has 9 heteroatoms. The van der Waals surface area contributed by atoms with Crippen molar-refractivity contribution in [1.82, 2.24) is 24.5 Å². The Balaban J connectivity index is 1.45. The molecule has 35 heavy (non-hydrogen) atoms. The van der Waals surface area contributed by atoms with Gasteiger partial charge in [0.25, 0.3) is 0 Å². The van der Waals surface area contributed by atoms with E-state index in [-0.39, 0.29) is 12.1 Å². The van der Waals surface area contributed by atoms with Crippen molar-refractivity contribution in [1.29, 1.82) is 0 Å². The van der Waals surface area contributed by atoms with E-state index in [4.69, 9.17) is 19.6 Å². The van der Waals surface area contributed by atoms with Crippen LogP contribution in [0.3, 0.4) is 0 Å². The molecule has 2 N–H and O–H groups in total. The van der Waals surface area contributed by atoms with Crippen LogP contribution in [0.4, 0.5) is 5.95 Å². The van der Waals surface area contributed by atoms with E-state index in [1.165, 1.54) is 5.69 Å². The van der Waals surface area contributed by atoms with Gasteiger partial charge in [-0.2, -0.15) is 0 Å². The normalized spacial score (nSPS) is 22.4. The average molecular weight is 481 g/mol. The molecule has 9 nitrogen and oxygen atoms in total. The monoisotopic (exact) mass is 480 g/mol. The van der Waals surface area contributed by atoms with Gasteiger partial charge >= 0.3 is 0 Å². The molecular weight excluding hydrogens is 444 g/mol. The van der Waals surface area contributed by atoms with E-state index in [0.29, 0.717) is 18.5 Å². The Hall–Kier alpha value is -2.59. The highest BCUT2D eigenvalue weighted by Gasteiger charge is 2.26. The molecule has 2 aliphatic rings. The van der Waals surface area contributed by atoms with Crippen LogP contribution in [-0.4, -0.2) is 81.8 Å². The van der Waals surface area contributed by atoms with Gasteiger partial charge in [-0.3, -0.25) is 9.88 Å². The summed E-state index contributed by atoms with van der Waals surface area (Å²) in [5, 5.41) is 18.2. The van der Waals surface area contributed by atoms with Crippen LogP contribution in [0.25, 0.3) is 16.6 Å². The molecule has 0 radical (unpaired) electrons. The third-order valence-corrected chi connectivity index (χ3v) is 7.08. The van der Waals surface area contributed by atoms with Crippen molar-refractivity contribution in [3.63, 3.8) is 0 Å². The lowest BCUT2D eigenvalue weighted by molar-refractivity contribution is 0.0336. The van der Waals surface area contributed by atoms with Crippen LogP contribution in [-0.2, 0) is 16.0 Å². The molecule has 5 rings (SSSR count). The van der Waals surface area contributed by atoms with Gasteiger partial charge in [0.1, 0.15) is 0 Å². The Labute approximate surface area is 206 Å². The molecule has 0 spiro atoms. The summed E-state index contributed by atoms with van der Waals surface area (Å²) in [5.41, 5.74) is 5.36. The van der Waals surface area contributed by atoms with Gasteiger partial charge in [0, 0.05) is 61.7 Å². The van der Waals surface area contributed by atoms with Crippen LogP contribution >= 0.6 is 0 Å². The number of rotatable bonds is 8. The number of nitrogens with zero attached hydrogens (tertiary/aromatic N) is 5. The van der Waals surface area contributed by atoms with Crippen LogP contribution in [0.1, 0.15) is 49.9 Å². The van der Waals surface area contributed by atoms with Gasteiger partial charge in [-0.1, -0.05) is 6.07 Å². The molecule has 188 valence electrons. The summed E-state index contributed by atoms with van der Waals surface area (Å²) in [6.07, 6.45) is 7.23. The number of morpholine rings is 1. The minimum atomic E-state index is -0.193. The van der Waals surface area contributed by atoms with Crippen LogP contribution in [0.2, 0.25) is 0 Å². The minimum Gasteiger partial charge on any atom is -0.393 e. The van der Waals surface area contributed by atoms with E-state index < -0.39 is 0 Å². The van der Waals surface area contributed by atoms with Crippen LogP contribution in [0.15, 0.2) is 30.6 Å². The number of fused-ring (bicyclic) bond motifs is 1. The molecule has 4 heterocycles. The van der Waals surface area contributed by atoms with Crippen molar-refractivity contribution in [3.8, 4) is 11.1 Å². The Kier molecular flexibility index (Phi) is 7.57. The number of aliphatic hydroxyl groups is 1. The maximum Gasteiger partial charge on any atom is 0.241 e. The Bertz CT molecular complexity index is 1100. The average Bonchev–Trinajstić information content (AvgIpc) is 3.24. The summed E-state index contributed by atoms with van der Waals surface area (Å²) in [5.74, 6) is 0.938. The molecule has 0 aromatic carbocycles. The summed E-state index contributed by atoms with van der Waals surface area (Å²) in [6, 6.07) is 6.62. The van der Waals surface area contributed by atoms with Crippen molar-refractivity contribution < 1.29 is 14.6 Å². The highest BCUT2D eigenvalue weighted by molar-refractivity contribution is 5.81. The van der Waals surface area contributed by atoms with Gasteiger partial charge < -0.3 is 19.9 Å². The molecule has 1 saturated carbocycles. The molecule has 1 aliphatic heterocycles. The predicted molar refractivity (Wildman–Crippen MR) is 134 cm³/mol. The van der Waals surface area contributed by atoms with Crippen LogP contribution < -0.4 is 5.32 Å². The lowest BCUT2D eigenvalue weighted by Gasteiger charge is -2.26. The second-order valence-corrected chi connectivity index (χ2v) is 9.79. The SMILES string of the molecule is COC[C@H](C)Nc1ncc2c(-c3ccc(CN4CCOCC4)nc3)cc(C3CCC(O)CC3)n2n1. The molecule has 2 fully saturated rings. The fourth-order valence-electron chi connectivity index (χ4n) is 5.15. The third-order valence-electron chi connectivity index (χ3n) is 7.08. The predicted octanol–water partition coefficient (Wildman–Crippen LogP) is 3.09. The van der Waals surface area contributed by atoms with E-state index in [1.807, 2.05) is 23.8 Å². The number of hydrogen-bond acceptors (Lipinski definition) is 8. The van der Waals surface area contributed by atoms with Crippen molar-refractivity contribution in [2.45, 2.75) is 57.2 Å². The second-order valence-electron chi connectivity index (χ2n) is 9.79. The number of aliphatic hydroxyl groups excluding tert-OH is 1. The summed E-state index contributed by atoms with van der Waals surface area (Å²) < 4.78 is 12.7. The van der Waals surface area contributed by atoms with Gasteiger partial charge in [-0.05, 0) is 44.7 Å². The fourth-order valence-corrected chi connectivity index (χ4v) is 5.15. The highest BCUT2D eigenvalue weighted by atomic mass is 16.5. The number of aromatic nitrogens is 4. The standard InChI is InChI=1S/C26H36N6O3/c1-18(17-34-2)29-26-28-15-25-23(13-24(32(25)30-26)19-4-7-22(33)8-5-19)20-3-6-21(27-14-20)16-31-9-11-35-12-10-31/h3,6,13-15,18-19,22,33H,4-5,7-12,16-17H2,1-2H3,(H,29,30)/t18-,19?,22?/m0/s1. The Morgan fingerprint density at radius 3 is 2.66 bits per heavy atom. The lowest BCUT2D eigenvalue weighted by Crippen LogP contribution is -2.35. The first kappa shape index (κ1) is 24.1. The molecule has 0 bridgehead atoms. The Morgan fingerprint density at radius 1 is 1.14 bits per heavy atom. The van der Waals surface area contributed by atoms with Gasteiger partial charge in [-0.25, -0.2) is 9.50 Å². The molecule has 0 unspecified atom stereocenters. The van der Waals surface area contributed by atoms with Gasteiger partial charge in [0.2, 0.25) is 5.95 Å². The van der Waals surface area contributed by atoms with Crippen LogP contribution in [0.5, 0.6) is 0 Å². The maximum absolute atomic E-state index is 10.0. The number of ether oxygens (including phenoxy) is 2. The molecular formula is C26H36N6O3. The minimum absolute atomic E-state index is 0.101. The Morgan fingerprint density at radius 2 is 1.94 bits per heavy atom. The molecule has 1 aliphatic carbocycles. The number of methoxy groups -OCH3 is 1. The van der Waals surface area contributed by atoms with Crippen molar-refractivity contribution in [3.05, 3.63) is 42.0 Å². The summed E-state index contributed by atoms with van der Waals surface area (Å²) in [4.78, 5) is 11.8. The van der Waals surface area contributed by atoms with Gasteiger partial charge in [0.15, 0.2) is 0 Å². The zero-order valence-corrected chi connectivity index (χ0v) is 20.7. The first-order valence-electron chi connectivity index (χ1n) is 12.7. The zero-order valence-electron chi connectivity index (χ0n) is 20.7. The van der Waals surface area contributed by atoms with Crippen LogP contribution in [0, 0.1) is 0 Å². The van der Waals surface area contributed by atoms with Crippen molar-refractivity contribution >= 4 is 11.5 Å².